The molecule has 142 heavy (non-hydrogen) atoms. The first-order valence-corrected chi connectivity index (χ1v) is 51.3. The van der Waals surface area contributed by atoms with E-state index in [2.05, 4.69) is 543 Å². The number of rotatable bonds is 14. The molecule has 682 valence electrons. The highest BCUT2D eigenvalue weighted by molar-refractivity contribution is 9.15. The molecule has 26 rings (SSSR count). The molecule has 0 radical (unpaired) electrons. The summed E-state index contributed by atoms with van der Waals surface area (Å²) >= 11 is 7.25. The minimum atomic E-state index is -0.197. The molecule has 0 atom stereocenters. The number of allylic oxidation sites excluding steroid dienone is 1. The van der Waals surface area contributed by atoms with Gasteiger partial charge in [-0.05, 0) is 308 Å². The Labute approximate surface area is 851 Å². The van der Waals surface area contributed by atoms with Crippen LogP contribution in [0.4, 0.5) is 34.1 Å². The van der Waals surface area contributed by atoms with E-state index in [1.807, 2.05) is 6.08 Å². The van der Waals surface area contributed by atoms with Crippen LogP contribution in [0.5, 0.6) is 0 Å². The molecule has 0 amide bonds. The van der Waals surface area contributed by atoms with Crippen molar-refractivity contribution in [2.75, 3.05) is 9.80 Å². The average Bonchev–Trinajstić information content (AvgIpc) is 1.62. The molecular formula is C138H107Br2N2+. The molecule has 4 aliphatic carbocycles. The monoisotopic (exact) mass is 1950 g/mol. The van der Waals surface area contributed by atoms with Crippen molar-refractivity contribution in [3.05, 3.63) is 518 Å². The van der Waals surface area contributed by atoms with E-state index in [9.17, 15) is 0 Å². The maximum Gasteiger partial charge on any atom is 0.156 e. The van der Waals surface area contributed by atoms with Gasteiger partial charge < -0.3 is 9.80 Å². The van der Waals surface area contributed by atoms with Gasteiger partial charge in [-0.2, -0.15) is 0 Å². The number of aryl methyl sites for hydroxylation is 6. The number of nitrogens with zero attached hydrogens (tertiary/aromatic N) is 2. The Bertz CT molecular complexity index is 8630. The molecule has 0 aromatic heterocycles. The molecule has 0 saturated heterocycles. The molecular weight excluding hydrogens is 1850 g/mol. The predicted molar refractivity (Wildman–Crippen MR) is 613 cm³/mol. The molecule has 4 aliphatic rings. The third-order valence-corrected chi connectivity index (χ3v) is 32.8. The van der Waals surface area contributed by atoms with Crippen molar-refractivity contribution >= 4 is 124 Å². The lowest BCUT2D eigenvalue weighted by atomic mass is 9.81. The zero-order valence-electron chi connectivity index (χ0n) is 82.2. The molecule has 0 heterocycles. The lowest BCUT2D eigenvalue weighted by Gasteiger charge is -2.33. The van der Waals surface area contributed by atoms with Gasteiger partial charge in [0.05, 0.1) is 28.1 Å². The minimum Gasteiger partial charge on any atom is -0.309 e. The Morgan fingerprint density at radius 3 is 0.993 bits per heavy atom. The summed E-state index contributed by atoms with van der Waals surface area (Å²) in [6.45, 7) is 28.1. The van der Waals surface area contributed by atoms with E-state index in [0.29, 0.717) is 0 Å². The lowest BCUT2D eigenvalue weighted by molar-refractivity contribution is 0.659. The van der Waals surface area contributed by atoms with Crippen molar-refractivity contribution in [3.8, 4) is 100 Å². The molecule has 0 bridgehead atoms. The molecule has 0 N–H and O–H groups in total. The van der Waals surface area contributed by atoms with Crippen LogP contribution in [0.15, 0.2) is 423 Å². The Hall–Kier alpha value is -15.4. The third-order valence-electron chi connectivity index (χ3n) is 31.4. The third kappa shape index (κ3) is 14.9. The van der Waals surface area contributed by atoms with Crippen LogP contribution in [-0.4, -0.2) is 0 Å². The molecule has 0 saturated carbocycles. The molecule has 2 nitrogen and oxygen atoms in total. The van der Waals surface area contributed by atoms with Gasteiger partial charge in [0.2, 0.25) is 0 Å². The summed E-state index contributed by atoms with van der Waals surface area (Å²) in [5, 5.41) is 13.8. The van der Waals surface area contributed by atoms with Gasteiger partial charge >= 0.3 is 0 Å². The van der Waals surface area contributed by atoms with Crippen molar-refractivity contribution in [2.45, 2.75) is 106 Å². The van der Waals surface area contributed by atoms with Gasteiger partial charge in [0, 0.05) is 93.1 Å². The fourth-order valence-electron chi connectivity index (χ4n) is 23.9. The second-order valence-corrected chi connectivity index (χ2v) is 42.7. The number of fused-ring (bicyclic) bond motifs is 9. The largest absolute Gasteiger partial charge is 0.309 e. The Morgan fingerprint density at radius 2 is 0.570 bits per heavy atom. The lowest BCUT2D eigenvalue weighted by Crippen LogP contribution is -2.17. The van der Waals surface area contributed by atoms with Gasteiger partial charge in [-0.3, -0.25) is 0 Å². The quantitative estimate of drug-likeness (QED) is 0.0791. The number of halogens is 2. The second-order valence-electron chi connectivity index (χ2n) is 41.0. The first kappa shape index (κ1) is 89.2. The summed E-state index contributed by atoms with van der Waals surface area (Å²) in [4.78, 5) is 5.20. The van der Waals surface area contributed by atoms with Gasteiger partial charge in [0.25, 0.3) is 0 Å². The van der Waals surface area contributed by atoms with Crippen molar-refractivity contribution in [2.24, 2.45) is 0 Å². The summed E-state index contributed by atoms with van der Waals surface area (Å²) in [7, 11) is 0. The van der Waals surface area contributed by atoms with Crippen LogP contribution in [-0.2, 0) is 22.7 Å². The topological polar surface area (TPSA) is 6.48 Å². The van der Waals surface area contributed by atoms with E-state index in [4.69, 9.17) is 0 Å². The summed E-state index contributed by atoms with van der Waals surface area (Å²) in [5.74, 6) is 0. The summed E-state index contributed by atoms with van der Waals surface area (Å²) in [6, 6.07) is 154. The summed E-state index contributed by atoms with van der Waals surface area (Å²) in [6.07, 6.45) is 6.27. The van der Waals surface area contributed by atoms with Crippen LogP contribution in [0.3, 0.4) is 0 Å². The molecule has 22 aromatic rings. The fraction of sp³-hybridized carbons (Fsp3) is 0.116. The zero-order chi connectivity index (χ0) is 96.9. The van der Waals surface area contributed by atoms with E-state index in [1.54, 1.807) is 0 Å². The molecule has 0 aliphatic heterocycles. The highest BCUT2D eigenvalue weighted by Crippen LogP contribution is 2.60. The Kier molecular flexibility index (Phi) is 22.1. The van der Waals surface area contributed by atoms with Crippen LogP contribution in [0.1, 0.15) is 125 Å². The molecule has 0 spiro atoms. The van der Waals surface area contributed by atoms with Gasteiger partial charge in [0.1, 0.15) is 4.48 Å². The first-order valence-electron chi connectivity index (χ1n) is 49.8. The van der Waals surface area contributed by atoms with E-state index >= 15 is 0 Å². The fourth-order valence-corrected chi connectivity index (χ4v) is 24.8. The van der Waals surface area contributed by atoms with E-state index in [1.165, 1.54) is 254 Å². The van der Waals surface area contributed by atoms with Crippen molar-refractivity contribution < 1.29 is 0 Å². The Morgan fingerprint density at radius 1 is 0.232 bits per heavy atom. The van der Waals surface area contributed by atoms with Crippen molar-refractivity contribution in [3.63, 3.8) is 0 Å². The van der Waals surface area contributed by atoms with Gasteiger partial charge in [0.15, 0.2) is 5.56 Å². The van der Waals surface area contributed by atoms with E-state index in [-0.39, 0.29) is 16.2 Å². The highest BCUT2D eigenvalue weighted by Gasteiger charge is 2.43. The molecule has 4 heteroatoms. The summed E-state index contributed by atoms with van der Waals surface area (Å²) in [5.41, 5.74) is 49.4. The normalized spacial score (nSPS) is 13.4. The standard InChI is InChI=1S/C86H68N2.C36H32.C16H7Br2/c1-53-35-37-63(57-23-13-9-14-24-57)49-77(53)87(79-51-69-73(47-55(79)3)85(5,6)71-33-21-31-65(83(69)71)59-27-17-11-18-28-59)75-45-41-61-40-44-68-76(46-42-62-39-43-67(75)81(61)82(62)68)88(78-50-64(38-36-54(78)2)58-25-15-10-16-26-58)80-52-70-74(48-56(80)4)86(7,8)72-34-22-32-66(84(70)72)60-29-19-12-20-30-60;1-24-18-19-28(26-12-7-5-8-13-26)21-29(24)22-30-23-32-34(20-25(30)2)36(3,4)33-17-11-16-31(35(32)33)27-14-9-6-10-15-27;17-13-8-4-10-2-6-12-14(18)7-3-9-1-5-11(13)16(10)15(9)12/h9-52H,1-8H3;5-21,23H,22H2,1-4H3;1-3,5-8H/q;;+1. The predicted octanol–water partition coefficient (Wildman–Crippen LogP) is 38.3. The van der Waals surface area contributed by atoms with Crippen LogP contribution < -0.4 is 15.0 Å². The molecule has 0 fully saturated rings. The SMILES string of the molecule is BrC1=c2ccc3ccc(Br)c4ccc(c2c34)[C+]=C1.Cc1ccc(-c2ccccc2)cc1Cc1cc2c(cc1C)C(C)(C)c1cccc(-c3ccccc3)c1-2.Cc1ccc(-c2ccccc2)cc1N(c1cc2c(cc1C)C(C)(C)c1cccc(-c3ccccc3)c1-2)c1ccc2ccc3c(N(c4cc(-c5ccccc5)ccc4C)c4cc5c(cc4C)C(C)(C)c4cccc(-c6ccccc6)c4-5)ccc4ccc1c2c43. The van der Waals surface area contributed by atoms with Crippen molar-refractivity contribution in [1.82, 2.24) is 0 Å². The van der Waals surface area contributed by atoms with Gasteiger partial charge in [-0.15, -0.1) is 0 Å². The van der Waals surface area contributed by atoms with Gasteiger partial charge in [-0.25, -0.2) is 0 Å². The minimum absolute atomic E-state index is 0.0120. The second kappa shape index (κ2) is 35.1. The van der Waals surface area contributed by atoms with Crippen LogP contribution in [0.2, 0.25) is 0 Å². The number of benzene rings is 22. The van der Waals surface area contributed by atoms with Gasteiger partial charge in [-0.1, -0.05) is 409 Å². The maximum absolute atomic E-state index is 3.64. The van der Waals surface area contributed by atoms with Crippen LogP contribution in [0.25, 0.3) is 158 Å². The number of hydrogen-bond acceptors (Lipinski definition) is 2. The molecule has 0 unspecified atom stereocenters. The van der Waals surface area contributed by atoms with E-state index < -0.39 is 0 Å². The zero-order valence-corrected chi connectivity index (χ0v) is 85.4. The maximum atomic E-state index is 3.64. The van der Waals surface area contributed by atoms with Crippen LogP contribution in [0, 0.1) is 47.6 Å². The summed E-state index contributed by atoms with van der Waals surface area (Å²) < 4.78 is 2.24. The van der Waals surface area contributed by atoms with Crippen LogP contribution >= 0.6 is 31.9 Å². The first-order chi connectivity index (χ1) is 69.0. The van der Waals surface area contributed by atoms with Crippen molar-refractivity contribution in [1.29, 1.82) is 0 Å². The highest BCUT2D eigenvalue weighted by atomic mass is 79.9. The Balaban J connectivity index is 0.000000163. The average molecular weight is 1950 g/mol. The van der Waals surface area contributed by atoms with E-state index in [0.717, 1.165) is 38.1 Å². The number of anilines is 6. The number of hydrogen-bond donors (Lipinski definition) is 0. The molecule has 22 aromatic carbocycles. The smallest absolute Gasteiger partial charge is 0.156 e.